The number of pyridine rings is 1. The summed E-state index contributed by atoms with van der Waals surface area (Å²) in [6.07, 6.45) is 4.08. The number of hydrogen-bond donors (Lipinski definition) is 2. The van der Waals surface area contributed by atoms with Crippen LogP contribution < -0.4 is 10.6 Å². The molecule has 0 saturated carbocycles. The average Bonchev–Trinajstić information content (AvgIpc) is 3.13. The van der Waals surface area contributed by atoms with Crippen molar-refractivity contribution < 1.29 is 0 Å². The Kier molecular flexibility index (Phi) is 6.61. The minimum Gasteiger partial charge on any atom is -0.352 e. The highest BCUT2D eigenvalue weighted by molar-refractivity contribution is 14.0. The molecule has 3 heterocycles. The lowest BCUT2D eigenvalue weighted by Crippen LogP contribution is -2.36. The van der Waals surface area contributed by atoms with Gasteiger partial charge < -0.3 is 15.0 Å². The van der Waals surface area contributed by atoms with Crippen LogP contribution in [0.5, 0.6) is 0 Å². The fraction of sp³-hybridized carbons (Fsp3) is 0.294. The van der Waals surface area contributed by atoms with Crippen molar-refractivity contribution in [3.05, 3.63) is 57.7 Å². The van der Waals surface area contributed by atoms with Crippen LogP contribution >= 0.6 is 35.3 Å². The maximum Gasteiger partial charge on any atom is 0.191 e. The molecule has 0 aromatic carbocycles. The highest BCUT2D eigenvalue weighted by Crippen LogP contribution is 2.14. The van der Waals surface area contributed by atoms with Crippen LogP contribution in [0.15, 0.2) is 41.0 Å². The third-order valence-corrected chi connectivity index (χ3v) is 4.73. The van der Waals surface area contributed by atoms with E-state index in [1.165, 1.54) is 16.0 Å². The molecule has 0 aliphatic carbocycles. The second-order valence-corrected chi connectivity index (χ2v) is 6.51. The standard InChI is InChI=1S/C17H21N5S.HI/c1-12-4-6-22-11-14(21-16(22)8-12)9-19-17(18-3)20-10-15-13(2)5-7-23-15;/h4-8,11H,9-10H2,1-3H3,(H2,18,19,20);1H. The van der Waals surface area contributed by atoms with Gasteiger partial charge in [0, 0.05) is 24.3 Å². The molecule has 2 N–H and O–H groups in total. The molecule has 0 aliphatic heterocycles. The molecule has 0 unspecified atom stereocenters. The van der Waals surface area contributed by atoms with Crippen LogP contribution in [0.4, 0.5) is 0 Å². The van der Waals surface area contributed by atoms with Crippen LogP contribution in [0.25, 0.3) is 5.65 Å². The van der Waals surface area contributed by atoms with Gasteiger partial charge in [0.25, 0.3) is 0 Å². The van der Waals surface area contributed by atoms with Gasteiger partial charge in [0.1, 0.15) is 5.65 Å². The number of aryl methyl sites for hydroxylation is 2. The van der Waals surface area contributed by atoms with Gasteiger partial charge in [0.2, 0.25) is 0 Å². The van der Waals surface area contributed by atoms with Crippen LogP contribution in [-0.2, 0) is 13.1 Å². The van der Waals surface area contributed by atoms with Crippen molar-refractivity contribution in [1.29, 1.82) is 0 Å². The third kappa shape index (κ3) is 4.47. The Morgan fingerprint density at radius 1 is 1.25 bits per heavy atom. The summed E-state index contributed by atoms with van der Waals surface area (Å²) in [5, 5.41) is 8.76. The van der Waals surface area contributed by atoms with Gasteiger partial charge in [-0.15, -0.1) is 35.3 Å². The van der Waals surface area contributed by atoms with Crippen molar-refractivity contribution in [3.63, 3.8) is 0 Å². The fourth-order valence-electron chi connectivity index (χ4n) is 2.37. The topological polar surface area (TPSA) is 53.7 Å². The van der Waals surface area contributed by atoms with Crippen molar-refractivity contribution in [2.75, 3.05) is 7.05 Å². The molecule has 128 valence electrons. The molecule has 7 heteroatoms. The number of imidazole rings is 1. The lowest BCUT2D eigenvalue weighted by molar-refractivity contribution is 0.802. The Morgan fingerprint density at radius 3 is 2.75 bits per heavy atom. The predicted molar refractivity (Wildman–Crippen MR) is 111 cm³/mol. The monoisotopic (exact) mass is 455 g/mol. The molecule has 3 aromatic heterocycles. The Labute approximate surface area is 163 Å². The molecule has 0 bridgehead atoms. The van der Waals surface area contributed by atoms with Gasteiger partial charge in [0.05, 0.1) is 18.8 Å². The van der Waals surface area contributed by atoms with Gasteiger partial charge in [0.15, 0.2) is 5.96 Å². The molecular weight excluding hydrogens is 433 g/mol. The molecule has 0 spiro atoms. The van der Waals surface area contributed by atoms with E-state index in [0.717, 1.165) is 23.8 Å². The van der Waals surface area contributed by atoms with E-state index in [4.69, 9.17) is 0 Å². The summed E-state index contributed by atoms with van der Waals surface area (Å²) in [5.41, 5.74) is 4.49. The second-order valence-electron chi connectivity index (χ2n) is 5.51. The number of rotatable bonds is 4. The van der Waals surface area contributed by atoms with Crippen LogP contribution in [-0.4, -0.2) is 22.4 Å². The predicted octanol–water partition coefficient (Wildman–Crippen LogP) is 3.50. The normalized spacial score (nSPS) is 11.4. The van der Waals surface area contributed by atoms with Gasteiger partial charge >= 0.3 is 0 Å². The Balaban J connectivity index is 0.00000208. The number of nitrogens with one attached hydrogen (secondary N) is 2. The molecule has 0 radical (unpaired) electrons. The second kappa shape index (κ2) is 8.48. The van der Waals surface area contributed by atoms with E-state index < -0.39 is 0 Å². The van der Waals surface area contributed by atoms with E-state index in [2.05, 4.69) is 58.0 Å². The number of fused-ring (bicyclic) bond motifs is 1. The van der Waals surface area contributed by atoms with Crippen molar-refractivity contribution >= 4 is 46.9 Å². The van der Waals surface area contributed by atoms with E-state index in [1.807, 2.05) is 16.8 Å². The number of thiophene rings is 1. The summed E-state index contributed by atoms with van der Waals surface area (Å²) in [6, 6.07) is 6.29. The minimum atomic E-state index is 0. The van der Waals surface area contributed by atoms with Crippen LogP contribution in [0.3, 0.4) is 0 Å². The molecular formula is C17H22IN5S. The molecule has 0 saturated heterocycles. The number of nitrogens with zero attached hydrogens (tertiary/aromatic N) is 3. The van der Waals surface area contributed by atoms with Gasteiger partial charge in [-0.1, -0.05) is 0 Å². The van der Waals surface area contributed by atoms with E-state index in [1.54, 1.807) is 18.4 Å². The molecule has 24 heavy (non-hydrogen) atoms. The summed E-state index contributed by atoms with van der Waals surface area (Å²) >= 11 is 1.76. The summed E-state index contributed by atoms with van der Waals surface area (Å²) in [7, 11) is 1.78. The molecule has 5 nitrogen and oxygen atoms in total. The first-order valence-corrected chi connectivity index (χ1v) is 8.45. The van der Waals surface area contributed by atoms with Gasteiger partial charge in [-0.25, -0.2) is 4.98 Å². The lowest BCUT2D eigenvalue weighted by Gasteiger charge is -2.10. The number of aromatic nitrogens is 2. The fourth-order valence-corrected chi connectivity index (χ4v) is 3.21. The van der Waals surface area contributed by atoms with Gasteiger partial charge in [-0.2, -0.15) is 0 Å². The summed E-state index contributed by atoms with van der Waals surface area (Å²) in [6.45, 7) is 5.63. The Morgan fingerprint density at radius 2 is 2.04 bits per heavy atom. The zero-order chi connectivity index (χ0) is 16.2. The first-order valence-electron chi connectivity index (χ1n) is 7.57. The summed E-state index contributed by atoms with van der Waals surface area (Å²) in [5.74, 6) is 0.783. The van der Waals surface area contributed by atoms with Crippen LogP contribution in [0.1, 0.15) is 21.7 Å². The van der Waals surface area contributed by atoms with E-state index in [-0.39, 0.29) is 24.0 Å². The molecule has 3 aromatic rings. The lowest BCUT2D eigenvalue weighted by atomic mass is 10.3. The Bertz CT molecular complexity index is 836. The smallest absolute Gasteiger partial charge is 0.191 e. The van der Waals surface area contributed by atoms with Crippen molar-refractivity contribution in [1.82, 2.24) is 20.0 Å². The first kappa shape index (κ1) is 18.7. The van der Waals surface area contributed by atoms with Crippen LogP contribution in [0, 0.1) is 13.8 Å². The maximum atomic E-state index is 4.62. The molecule has 0 aliphatic rings. The zero-order valence-corrected chi connectivity index (χ0v) is 17.2. The quantitative estimate of drug-likeness (QED) is 0.360. The molecule has 0 atom stereocenters. The molecule has 0 fully saturated rings. The Hall–Kier alpha value is -1.61. The van der Waals surface area contributed by atoms with E-state index >= 15 is 0 Å². The largest absolute Gasteiger partial charge is 0.352 e. The van der Waals surface area contributed by atoms with Crippen molar-refractivity contribution in [2.45, 2.75) is 26.9 Å². The zero-order valence-electron chi connectivity index (χ0n) is 14.0. The average molecular weight is 455 g/mol. The number of hydrogen-bond acceptors (Lipinski definition) is 3. The first-order chi connectivity index (χ1) is 11.2. The van der Waals surface area contributed by atoms with E-state index in [9.17, 15) is 0 Å². The maximum absolute atomic E-state index is 4.62. The molecule has 0 amide bonds. The number of aliphatic imine (C=N–C) groups is 1. The third-order valence-electron chi connectivity index (χ3n) is 3.71. The highest BCUT2D eigenvalue weighted by Gasteiger charge is 2.05. The minimum absolute atomic E-state index is 0. The summed E-state index contributed by atoms with van der Waals surface area (Å²) in [4.78, 5) is 10.2. The number of guanidine groups is 1. The number of halogens is 1. The van der Waals surface area contributed by atoms with Crippen molar-refractivity contribution in [3.8, 4) is 0 Å². The SMILES string of the molecule is CN=C(NCc1cn2ccc(C)cc2n1)NCc1sccc1C.I. The molecule has 3 rings (SSSR count). The highest BCUT2D eigenvalue weighted by atomic mass is 127. The van der Waals surface area contributed by atoms with Crippen molar-refractivity contribution in [2.24, 2.45) is 4.99 Å². The summed E-state index contributed by atoms with van der Waals surface area (Å²) < 4.78 is 2.04. The van der Waals surface area contributed by atoms with Gasteiger partial charge in [-0.05, 0) is 48.6 Å². The van der Waals surface area contributed by atoms with E-state index in [0.29, 0.717) is 6.54 Å². The van der Waals surface area contributed by atoms with Crippen LogP contribution in [0.2, 0.25) is 0 Å². The van der Waals surface area contributed by atoms with Gasteiger partial charge in [-0.3, -0.25) is 4.99 Å².